The molecule has 0 fully saturated rings. The number of nitrogens with two attached hydrogens (primary N) is 2. The first kappa shape index (κ1) is 9.67. The lowest BCUT2D eigenvalue weighted by molar-refractivity contribution is -0.0725. The number of ether oxygens (including phenoxy) is 1. The Hall–Kier alpha value is -0.420. The van der Waals surface area contributed by atoms with E-state index in [0.29, 0.717) is 0 Å². The smallest absolute Gasteiger partial charge is 0.178 e. The van der Waals surface area contributed by atoms with E-state index in [2.05, 4.69) is 0 Å². The number of hydrogen-bond donors (Lipinski definition) is 3. The summed E-state index contributed by atoms with van der Waals surface area (Å²) in [5, 5.41) is 9.35. The van der Waals surface area contributed by atoms with Crippen molar-refractivity contribution < 1.29 is 9.84 Å². The zero-order valence-electron chi connectivity index (χ0n) is 7.07. The summed E-state index contributed by atoms with van der Waals surface area (Å²) >= 11 is 0. The monoisotopic (exact) mass is 172 g/mol. The molecule has 12 heavy (non-hydrogen) atoms. The molecule has 2 atom stereocenters. The molecule has 0 aromatic carbocycles. The van der Waals surface area contributed by atoms with Gasteiger partial charge in [0.2, 0.25) is 0 Å². The largest absolute Gasteiger partial charge is 0.364 e. The molecule has 0 aromatic rings. The highest BCUT2D eigenvalue weighted by Crippen LogP contribution is 2.19. The highest BCUT2D eigenvalue weighted by atomic mass is 16.6. The van der Waals surface area contributed by atoms with Gasteiger partial charge in [-0.3, -0.25) is 0 Å². The fraction of sp³-hybridized carbons (Fsp3) is 0.750. The van der Waals surface area contributed by atoms with E-state index in [-0.39, 0.29) is 12.8 Å². The summed E-state index contributed by atoms with van der Waals surface area (Å²) in [4.78, 5) is 0. The van der Waals surface area contributed by atoms with Gasteiger partial charge >= 0.3 is 0 Å². The van der Waals surface area contributed by atoms with Crippen LogP contribution in [0.3, 0.4) is 0 Å². The van der Waals surface area contributed by atoms with E-state index in [0.717, 1.165) is 24.8 Å². The van der Waals surface area contributed by atoms with Crippen LogP contribution < -0.4 is 11.5 Å². The fourth-order valence-corrected chi connectivity index (χ4v) is 1.30. The van der Waals surface area contributed by atoms with Gasteiger partial charge in [0, 0.05) is 6.04 Å². The SMILES string of the molecule is NCOC(O)C1=CCC(N)CC1. The Balaban J connectivity index is 2.41. The van der Waals surface area contributed by atoms with E-state index in [1.165, 1.54) is 0 Å². The van der Waals surface area contributed by atoms with Gasteiger partial charge in [-0.15, -0.1) is 0 Å². The normalized spacial score (nSPS) is 26.6. The molecule has 0 spiro atoms. The van der Waals surface area contributed by atoms with Crippen molar-refractivity contribution in [2.75, 3.05) is 6.73 Å². The second-order valence-electron chi connectivity index (χ2n) is 3.00. The zero-order valence-corrected chi connectivity index (χ0v) is 7.07. The summed E-state index contributed by atoms with van der Waals surface area (Å²) in [5.74, 6) is 0. The van der Waals surface area contributed by atoms with Crippen LogP contribution in [0.15, 0.2) is 11.6 Å². The molecule has 0 amide bonds. The van der Waals surface area contributed by atoms with Crippen molar-refractivity contribution in [3.63, 3.8) is 0 Å². The lowest BCUT2D eigenvalue weighted by Crippen LogP contribution is -2.27. The maximum Gasteiger partial charge on any atom is 0.178 e. The minimum atomic E-state index is -0.831. The average molecular weight is 172 g/mol. The molecule has 0 saturated heterocycles. The van der Waals surface area contributed by atoms with E-state index in [1.807, 2.05) is 6.08 Å². The van der Waals surface area contributed by atoms with Crippen molar-refractivity contribution in [1.82, 2.24) is 0 Å². The van der Waals surface area contributed by atoms with Crippen LogP contribution in [0.1, 0.15) is 19.3 Å². The van der Waals surface area contributed by atoms with Crippen LogP contribution in [0, 0.1) is 0 Å². The second kappa shape index (κ2) is 4.57. The molecule has 70 valence electrons. The van der Waals surface area contributed by atoms with Gasteiger partial charge in [0.1, 0.15) is 0 Å². The molecule has 1 aliphatic carbocycles. The van der Waals surface area contributed by atoms with Crippen molar-refractivity contribution in [2.24, 2.45) is 11.5 Å². The molecule has 4 nitrogen and oxygen atoms in total. The first-order valence-corrected chi connectivity index (χ1v) is 4.18. The minimum Gasteiger partial charge on any atom is -0.364 e. The van der Waals surface area contributed by atoms with Gasteiger partial charge in [-0.25, -0.2) is 0 Å². The summed E-state index contributed by atoms with van der Waals surface area (Å²) < 4.78 is 4.84. The van der Waals surface area contributed by atoms with Crippen LogP contribution in [0.25, 0.3) is 0 Å². The van der Waals surface area contributed by atoms with Crippen molar-refractivity contribution in [3.05, 3.63) is 11.6 Å². The molecule has 0 heterocycles. The first-order chi connectivity index (χ1) is 5.74. The van der Waals surface area contributed by atoms with Crippen molar-refractivity contribution in [3.8, 4) is 0 Å². The Morgan fingerprint density at radius 2 is 2.50 bits per heavy atom. The molecule has 0 saturated carbocycles. The number of rotatable bonds is 3. The maximum atomic E-state index is 9.35. The van der Waals surface area contributed by atoms with Crippen LogP contribution >= 0.6 is 0 Å². The summed E-state index contributed by atoms with van der Waals surface area (Å²) in [6.45, 7) is 0.0462. The average Bonchev–Trinajstić information content (AvgIpc) is 2.06. The number of hydrogen-bond acceptors (Lipinski definition) is 4. The molecule has 1 aliphatic rings. The van der Waals surface area contributed by atoms with Crippen LogP contribution in [-0.2, 0) is 4.74 Å². The molecule has 0 aliphatic heterocycles. The topological polar surface area (TPSA) is 81.5 Å². The van der Waals surface area contributed by atoms with Gasteiger partial charge in [0.15, 0.2) is 6.29 Å². The lowest BCUT2D eigenvalue weighted by Gasteiger charge is -2.21. The fourth-order valence-electron chi connectivity index (χ4n) is 1.30. The third-order valence-corrected chi connectivity index (χ3v) is 2.06. The van der Waals surface area contributed by atoms with E-state index < -0.39 is 6.29 Å². The number of aliphatic hydroxyl groups excluding tert-OH is 1. The Morgan fingerprint density at radius 3 is 3.00 bits per heavy atom. The predicted octanol–water partition coefficient (Wildman–Crippen LogP) is -0.325. The van der Waals surface area contributed by atoms with E-state index >= 15 is 0 Å². The van der Waals surface area contributed by atoms with Gasteiger partial charge in [-0.1, -0.05) is 6.08 Å². The summed E-state index contributed by atoms with van der Waals surface area (Å²) in [7, 11) is 0. The Morgan fingerprint density at radius 1 is 1.75 bits per heavy atom. The van der Waals surface area contributed by atoms with Gasteiger partial charge in [-0.2, -0.15) is 0 Å². The van der Waals surface area contributed by atoms with E-state index in [9.17, 15) is 5.11 Å². The second-order valence-corrected chi connectivity index (χ2v) is 3.00. The lowest BCUT2D eigenvalue weighted by atomic mass is 9.95. The van der Waals surface area contributed by atoms with Gasteiger partial charge in [0.05, 0.1) is 6.73 Å². The predicted molar refractivity (Wildman–Crippen MR) is 46.1 cm³/mol. The van der Waals surface area contributed by atoms with Crippen LogP contribution in [-0.4, -0.2) is 24.2 Å². The molecule has 0 bridgehead atoms. The highest BCUT2D eigenvalue weighted by molar-refractivity contribution is 5.09. The molecule has 5 N–H and O–H groups in total. The summed E-state index contributed by atoms with van der Waals surface area (Å²) in [6.07, 6.45) is 3.65. The van der Waals surface area contributed by atoms with Crippen LogP contribution in [0.4, 0.5) is 0 Å². The first-order valence-electron chi connectivity index (χ1n) is 4.18. The van der Waals surface area contributed by atoms with Gasteiger partial charge < -0.3 is 21.3 Å². The van der Waals surface area contributed by atoms with Crippen molar-refractivity contribution >= 4 is 0 Å². The Bertz CT molecular complexity index is 170. The quantitative estimate of drug-likeness (QED) is 0.402. The third kappa shape index (κ3) is 2.57. The molecule has 1 rings (SSSR count). The zero-order chi connectivity index (χ0) is 8.97. The van der Waals surface area contributed by atoms with Gasteiger partial charge in [0.25, 0.3) is 0 Å². The number of aliphatic hydroxyl groups is 1. The van der Waals surface area contributed by atoms with Crippen molar-refractivity contribution in [1.29, 1.82) is 0 Å². The van der Waals surface area contributed by atoms with E-state index in [1.54, 1.807) is 0 Å². The Kier molecular flexibility index (Phi) is 3.68. The molecule has 0 radical (unpaired) electrons. The standard InChI is InChI=1S/C8H16N2O2/c9-5-12-8(11)6-1-3-7(10)4-2-6/h1,7-8,11H,2-5,9-10H2. The Labute approximate surface area is 72.2 Å². The molecule has 2 unspecified atom stereocenters. The molecule has 4 heteroatoms. The van der Waals surface area contributed by atoms with E-state index in [4.69, 9.17) is 16.2 Å². The summed E-state index contributed by atoms with van der Waals surface area (Å²) in [5.41, 5.74) is 11.7. The highest BCUT2D eigenvalue weighted by Gasteiger charge is 2.16. The minimum absolute atomic E-state index is 0.0462. The van der Waals surface area contributed by atoms with Crippen LogP contribution in [0.2, 0.25) is 0 Å². The molecule has 0 aromatic heterocycles. The molecular formula is C8H16N2O2. The van der Waals surface area contributed by atoms with Crippen molar-refractivity contribution in [2.45, 2.75) is 31.6 Å². The maximum absolute atomic E-state index is 9.35. The summed E-state index contributed by atoms with van der Waals surface area (Å²) in [6, 6.07) is 0.235. The third-order valence-electron chi connectivity index (χ3n) is 2.06. The molecular weight excluding hydrogens is 156 g/mol. The van der Waals surface area contributed by atoms with Gasteiger partial charge in [-0.05, 0) is 24.8 Å². The van der Waals surface area contributed by atoms with Crippen LogP contribution in [0.5, 0.6) is 0 Å².